The lowest BCUT2D eigenvalue weighted by atomic mass is 10.0. The summed E-state index contributed by atoms with van der Waals surface area (Å²) in [7, 11) is 1.19. The number of hydrogen-bond donors (Lipinski definition) is 1. The number of rotatable bonds is 62. The van der Waals surface area contributed by atoms with Crippen LogP contribution < -0.4 is 10.2 Å². The SMILES string of the molecule is CCCCC/C=C\C/C=C\CCCCCCCCCCCCCCCCCC(=O)NC(COP(=O)([O-])OCC[N+](C)(C)C)C(/C=C\CCCCCCCCCCCCC)OC(=O)CCCCCCCCC/C=C\CCCCCC. The van der Waals surface area contributed by atoms with Crippen LogP contribution in [0.3, 0.4) is 0 Å². The van der Waals surface area contributed by atoms with E-state index in [1.165, 1.54) is 218 Å². The molecule has 1 N–H and O–H groups in total. The van der Waals surface area contributed by atoms with Crippen molar-refractivity contribution >= 4 is 19.7 Å². The molecule has 0 rings (SSSR count). The number of phosphoric ester groups is 1. The Morgan fingerprint density at radius 2 is 0.772 bits per heavy atom. The highest BCUT2D eigenvalue weighted by Gasteiger charge is 2.27. The summed E-state index contributed by atoms with van der Waals surface area (Å²) in [5, 5.41) is 3.04. The Morgan fingerprint density at radius 1 is 0.443 bits per heavy atom. The number of ether oxygens (including phenoxy) is 1. The number of hydrogen-bond acceptors (Lipinski definition) is 7. The van der Waals surface area contributed by atoms with Crippen LogP contribution in [0.4, 0.5) is 0 Å². The van der Waals surface area contributed by atoms with Crippen molar-refractivity contribution in [3.8, 4) is 0 Å². The van der Waals surface area contributed by atoms with Gasteiger partial charge < -0.3 is 28.5 Å². The number of carbonyl (C=O) groups is 2. The van der Waals surface area contributed by atoms with Gasteiger partial charge in [0.1, 0.15) is 19.3 Å². The molecule has 0 aliphatic carbocycles. The van der Waals surface area contributed by atoms with Gasteiger partial charge in [0.05, 0.1) is 33.8 Å². The number of esters is 1. The molecule has 464 valence electrons. The number of nitrogens with one attached hydrogen (secondary N) is 1. The summed E-state index contributed by atoms with van der Waals surface area (Å²) < 4.78 is 30.4. The minimum Gasteiger partial charge on any atom is -0.756 e. The summed E-state index contributed by atoms with van der Waals surface area (Å²) in [5.74, 6) is -0.533. The normalized spacial score (nSPS) is 13.9. The zero-order valence-corrected chi connectivity index (χ0v) is 54.0. The van der Waals surface area contributed by atoms with E-state index in [-0.39, 0.29) is 31.5 Å². The van der Waals surface area contributed by atoms with Gasteiger partial charge in [-0.15, -0.1) is 0 Å². The van der Waals surface area contributed by atoms with E-state index in [1.807, 2.05) is 33.3 Å². The van der Waals surface area contributed by atoms with Gasteiger partial charge in [-0.3, -0.25) is 14.2 Å². The van der Waals surface area contributed by atoms with Crippen LogP contribution in [0.5, 0.6) is 0 Å². The predicted octanol–water partition coefficient (Wildman–Crippen LogP) is 20.6. The molecule has 0 aliphatic rings. The van der Waals surface area contributed by atoms with Crippen LogP contribution in [-0.2, 0) is 27.9 Å². The summed E-state index contributed by atoms with van der Waals surface area (Å²) >= 11 is 0. The van der Waals surface area contributed by atoms with Crippen molar-refractivity contribution in [2.45, 2.75) is 341 Å². The van der Waals surface area contributed by atoms with E-state index in [4.69, 9.17) is 13.8 Å². The van der Waals surface area contributed by atoms with Crippen molar-refractivity contribution in [1.82, 2.24) is 5.32 Å². The number of carbonyl (C=O) groups excluding carboxylic acids is 2. The van der Waals surface area contributed by atoms with Crippen molar-refractivity contribution in [2.24, 2.45) is 0 Å². The molecule has 0 aromatic heterocycles. The topological polar surface area (TPSA) is 114 Å². The minimum atomic E-state index is -4.70. The van der Waals surface area contributed by atoms with Crippen LogP contribution >= 0.6 is 7.82 Å². The van der Waals surface area contributed by atoms with Gasteiger partial charge in [0.25, 0.3) is 7.82 Å². The van der Waals surface area contributed by atoms with Crippen LogP contribution in [0, 0.1) is 0 Å². The van der Waals surface area contributed by atoms with E-state index in [0.29, 0.717) is 17.4 Å². The number of phosphoric acid groups is 1. The van der Waals surface area contributed by atoms with Crippen molar-refractivity contribution < 1.29 is 37.3 Å². The lowest BCUT2D eigenvalue weighted by Crippen LogP contribution is -2.47. The van der Waals surface area contributed by atoms with E-state index in [2.05, 4.69) is 62.5 Å². The van der Waals surface area contributed by atoms with Crippen LogP contribution in [-0.4, -0.2) is 69.4 Å². The fourth-order valence-corrected chi connectivity index (χ4v) is 10.7. The first-order chi connectivity index (χ1) is 38.4. The molecule has 0 bridgehead atoms. The highest BCUT2D eigenvalue weighted by molar-refractivity contribution is 7.45. The minimum absolute atomic E-state index is 0.0217. The van der Waals surface area contributed by atoms with Gasteiger partial charge in [-0.25, -0.2) is 0 Å². The van der Waals surface area contributed by atoms with E-state index < -0.39 is 20.0 Å². The number of amides is 1. The van der Waals surface area contributed by atoms with Crippen LogP contribution in [0.15, 0.2) is 48.6 Å². The molecule has 0 heterocycles. The zero-order chi connectivity index (χ0) is 57.9. The summed E-state index contributed by atoms with van der Waals surface area (Å²) in [4.78, 5) is 40.1. The van der Waals surface area contributed by atoms with E-state index in [1.54, 1.807) is 0 Å². The maximum absolute atomic E-state index is 13.6. The number of nitrogens with zero attached hydrogens (tertiary/aromatic N) is 1. The van der Waals surface area contributed by atoms with Gasteiger partial charge in [0.2, 0.25) is 5.91 Å². The van der Waals surface area contributed by atoms with Crippen molar-refractivity contribution in [3.05, 3.63) is 48.6 Å². The predicted molar refractivity (Wildman–Crippen MR) is 339 cm³/mol. The first-order valence-electron chi connectivity index (χ1n) is 33.9. The second kappa shape index (κ2) is 59.1. The molecular formula is C69H131N2O7P. The van der Waals surface area contributed by atoms with Crippen molar-refractivity contribution in [3.63, 3.8) is 0 Å². The van der Waals surface area contributed by atoms with Gasteiger partial charge >= 0.3 is 5.97 Å². The molecule has 79 heavy (non-hydrogen) atoms. The highest BCUT2D eigenvalue weighted by atomic mass is 31.2. The summed E-state index contributed by atoms with van der Waals surface area (Å²) in [6.45, 7) is 6.84. The summed E-state index contributed by atoms with van der Waals surface area (Å²) in [6.07, 6.45) is 73.7. The number of allylic oxidation sites excluding steroid dienone is 7. The highest BCUT2D eigenvalue weighted by Crippen LogP contribution is 2.38. The van der Waals surface area contributed by atoms with Crippen LogP contribution in [0.1, 0.15) is 329 Å². The molecule has 1 amide bonds. The van der Waals surface area contributed by atoms with Crippen LogP contribution in [0.25, 0.3) is 0 Å². The molecule has 0 aromatic rings. The number of unbranched alkanes of at least 4 members (excludes halogenated alkanes) is 40. The third-order valence-corrected chi connectivity index (χ3v) is 16.2. The monoisotopic (exact) mass is 1130 g/mol. The fraction of sp³-hybridized carbons (Fsp3) is 0.855. The second-order valence-corrected chi connectivity index (χ2v) is 25.7. The second-order valence-electron chi connectivity index (χ2n) is 24.3. The molecular weight excluding hydrogens is 1000 g/mol. The van der Waals surface area contributed by atoms with E-state index in [9.17, 15) is 19.0 Å². The molecule has 10 heteroatoms. The maximum Gasteiger partial charge on any atom is 0.306 e. The standard InChI is InChI=1S/C69H131N2O7P/c1-7-10-13-16-19-22-25-28-30-31-32-33-34-35-36-37-38-39-41-43-46-49-52-55-58-61-68(72)70-66(65-77-79(74,75)76-64-63-71(4,5)6)67(60-57-54-51-48-45-42-27-24-21-18-15-12-9-3)78-69(73)62-59-56-53-50-47-44-40-29-26-23-20-17-14-11-8-2/h19,22-23,26,28,30,57,60,66-67H,7-18,20-21,24-25,27,29,31-56,58-59,61-65H2,1-6H3,(H-,70,72,74,75)/b22-19-,26-23-,30-28-,60-57-. The summed E-state index contributed by atoms with van der Waals surface area (Å²) in [6, 6.07) is -0.889. The molecule has 0 aliphatic heterocycles. The van der Waals surface area contributed by atoms with E-state index >= 15 is 0 Å². The molecule has 0 radical (unpaired) electrons. The first-order valence-corrected chi connectivity index (χ1v) is 35.4. The lowest BCUT2D eigenvalue weighted by molar-refractivity contribution is -0.870. The third kappa shape index (κ3) is 60.4. The van der Waals surface area contributed by atoms with Crippen molar-refractivity contribution in [2.75, 3.05) is 40.9 Å². The van der Waals surface area contributed by atoms with E-state index in [0.717, 1.165) is 77.0 Å². The molecule has 0 spiro atoms. The van der Waals surface area contributed by atoms with Crippen LogP contribution in [0.2, 0.25) is 0 Å². The molecule has 0 fully saturated rings. The Balaban J connectivity index is 5.08. The van der Waals surface area contributed by atoms with Gasteiger partial charge in [-0.1, -0.05) is 275 Å². The molecule has 3 unspecified atom stereocenters. The molecule has 3 atom stereocenters. The summed E-state index contributed by atoms with van der Waals surface area (Å²) in [5.41, 5.74) is 0. The Bertz CT molecular complexity index is 1490. The average Bonchev–Trinajstić information content (AvgIpc) is 3.41. The smallest absolute Gasteiger partial charge is 0.306 e. The largest absolute Gasteiger partial charge is 0.756 e. The number of quaternary nitrogens is 1. The first kappa shape index (κ1) is 77.0. The fourth-order valence-electron chi connectivity index (χ4n) is 9.96. The maximum atomic E-state index is 13.6. The molecule has 9 nitrogen and oxygen atoms in total. The Hall–Kier alpha value is -2.03. The molecule has 0 aromatic carbocycles. The lowest BCUT2D eigenvalue weighted by Gasteiger charge is -2.30. The average molecular weight is 1130 g/mol. The molecule has 0 saturated heterocycles. The Labute approximate surface area is 490 Å². The third-order valence-electron chi connectivity index (χ3n) is 15.2. The quantitative estimate of drug-likeness (QED) is 0.0212. The van der Waals surface area contributed by atoms with Gasteiger partial charge in [0.15, 0.2) is 0 Å². The Kier molecular flexibility index (Phi) is 57.6. The Morgan fingerprint density at radius 3 is 1.19 bits per heavy atom. The zero-order valence-electron chi connectivity index (χ0n) is 53.1. The van der Waals surface area contributed by atoms with Gasteiger partial charge in [0, 0.05) is 12.8 Å². The molecule has 0 saturated carbocycles. The van der Waals surface area contributed by atoms with Gasteiger partial charge in [-0.2, -0.15) is 0 Å². The number of likely N-dealkylation sites (N-methyl/N-ethyl adjacent to an activating group) is 1. The van der Waals surface area contributed by atoms with Crippen molar-refractivity contribution in [1.29, 1.82) is 0 Å². The van der Waals surface area contributed by atoms with Gasteiger partial charge in [-0.05, 0) is 89.5 Å².